The summed E-state index contributed by atoms with van der Waals surface area (Å²) < 4.78 is 0. The zero-order chi connectivity index (χ0) is 18.8. The SMILES string of the molecule is CN(CCCCCCBr)C(=O)C=C(c1ccncc1)c1ccc(Cl)cc1. The first-order chi connectivity index (χ1) is 12.6. The van der Waals surface area contributed by atoms with Crippen LogP contribution in [0.5, 0.6) is 0 Å². The smallest absolute Gasteiger partial charge is 0.246 e. The van der Waals surface area contributed by atoms with Crippen molar-refractivity contribution in [2.45, 2.75) is 25.7 Å². The Labute approximate surface area is 169 Å². The Hall–Kier alpha value is -1.65. The third-order valence-electron chi connectivity index (χ3n) is 4.17. The van der Waals surface area contributed by atoms with E-state index in [2.05, 4.69) is 20.9 Å². The molecule has 0 saturated carbocycles. The van der Waals surface area contributed by atoms with Crippen molar-refractivity contribution in [1.29, 1.82) is 0 Å². The van der Waals surface area contributed by atoms with Crippen molar-refractivity contribution < 1.29 is 4.79 Å². The van der Waals surface area contributed by atoms with Gasteiger partial charge in [-0.25, -0.2) is 0 Å². The van der Waals surface area contributed by atoms with Gasteiger partial charge in [0.05, 0.1) is 0 Å². The molecule has 0 aliphatic rings. The number of unbranched alkanes of at least 4 members (excludes halogenated alkanes) is 3. The van der Waals surface area contributed by atoms with Crippen LogP contribution in [0.15, 0.2) is 54.9 Å². The number of pyridine rings is 1. The van der Waals surface area contributed by atoms with Crippen molar-refractivity contribution in [3.05, 3.63) is 71.0 Å². The quantitative estimate of drug-likeness (QED) is 0.293. The van der Waals surface area contributed by atoms with E-state index in [0.717, 1.165) is 41.4 Å². The minimum Gasteiger partial charge on any atom is -0.342 e. The molecule has 0 aliphatic carbocycles. The summed E-state index contributed by atoms with van der Waals surface area (Å²) >= 11 is 9.45. The van der Waals surface area contributed by atoms with Gasteiger partial charge in [0.2, 0.25) is 5.91 Å². The molecule has 0 aliphatic heterocycles. The number of rotatable bonds is 9. The fourth-order valence-electron chi connectivity index (χ4n) is 2.64. The number of nitrogens with zero attached hydrogens (tertiary/aromatic N) is 2. The lowest BCUT2D eigenvalue weighted by molar-refractivity contribution is -0.124. The maximum absolute atomic E-state index is 12.7. The topological polar surface area (TPSA) is 33.2 Å². The molecule has 2 rings (SSSR count). The number of carbonyl (C=O) groups is 1. The third kappa shape index (κ3) is 6.58. The van der Waals surface area contributed by atoms with Crippen LogP contribution in [-0.2, 0) is 4.79 Å². The average Bonchev–Trinajstić information content (AvgIpc) is 2.67. The van der Waals surface area contributed by atoms with Crippen molar-refractivity contribution in [1.82, 2.24) is 9.88 Å². The van der Waals surface area contributed by atoms with Crippen molar-refractivity contribution in [2.75, 3.05) is 18.9 Å². The Kier molecular flexibility index (Phi) is 8.86. The van der Waals surface area contributed by atoms with Gasteiger partial charge in [-0.1, -0.05) is 52.5 Å². The highest BCUT2D eigenvalue weighted by molar-refractivity contribution is 9.09. The highest BCUT2D eigenvalue weighted by Crippen LogP contribution is 2.24. The van der Waals surface area contributed by atoms with E-state index in [4.69, 9.17) is 11.6 Å². The molecule has 0 N–H and O–H groups in total. The van der Waals surface area contributed by atoms with Crippen molar-refractivity contribution >= 4 is 39.0 Å². The second kappa shape index (κ2) is 11.1. The zero-order valence-corrected chi connectivity index (χ0v) is 17.3. The standard InChI is InChI=1S/C21H24BrClN2O/c1-25(15-5-3-2-4-12-22)21(26)16-20(18-10-13-24-14-11-18)17-6-8-19(23)9-7-17/h6-11,13-14,16H,2-5,12,15H2,1H3. The van der Waals surface area contributed by atoms with Gasteiger partial charge in [0, 0.05) is 42.4 Å². The molecule has 1 heterocycles. The second-order valence-electron chi connectivity index (χ2n) is 6.16. The maximum Gasteiger partial charge on any atom is 0.246 e. The largest absolute Gasteiger partial charge is 0.342 e. The van der Waals surface area contributed by atoms with Gasteiger partial charge in [-0.2, -0.15) is 0 Å². The molecular weight excluding hydrogens is 412 g/mol. The number of aromatic nitrogens is 1. The highest BCUT2D eigenvalue weighted by atomic mass is 79.9. The molecule has 0 bridgehead atoms. The molecule has 0 unspecified atom stereocenters. The van der Waals surface area contributed by atoms with Gasteiger partial charge in [-0.15, -0.1) is 0 Å². The third-order valence-corrected chi connectivity index (χ3v) is 4.98. The molecule has 1 aromatic carbocycles. The van der Waals surface area contributed by atoms with E-state index < -0.39 is 0 Å². The Morgan fingerprint density at radius 1 is 1.04 bits per heavy atom. The number of carbonyl (C=O) groups excluding carboxylic acids is 1. The number of halogens is 2. The second-order valence-corrected chi connectivity index (χ2v) is 7.39. The molecule has 0 atom stereocenters. The van der Waals surface area contributed by atoms with Crippen molar-refractivity contribution in [2.24, 2.45) is 0 Å². The van der Waals surface area contributed by atoms with Crippen LogP contribution in [0.2, 0.25) is 5.02 Å². The minimum absolute atomic E-state index is 0.00672. The summed E-state index contributed by atoms with van der Waals surface area (Å²) in [4.78, 5) is 18.5. The minimum atomic E-state index is 0.00672. The van der Waals surface area contributed by atoms with E-state index in [1.54, 1.807) is 23.4 Å². The first kappa shape index (κ1) is 20.7. The average molecular weight is 436 g/mol. The van der Waals surface area contributed by atoms with Gasteiger partial charge >= 0.3 is 0 Å². The molecule has 138 valence electrons. The summed E-state index contributed by atoms with van der Waals surface area (Å²) in [6.45, 7) is 0.766. The first-order valence-corrected chi connectivity index (χ1v) is 10.3. The van der Waals surface area contributed by atoms with Crippen LogP contribution < -0.4 is 0 Å². The predicted octanol–water partition coefficient (Wildman–Crippen LogP) is 5.58. The normalized spacial score (nSPS) is 11.4. The Bertz CT molecular complexity index is 717. The summed E-state index contributed by atoms with van der Waals surface area (Å²) in [5, 5.41) is 1.72. The number of likely N-dealkylation sites (N-methyl/N-ethyl adjacent to an activating group) is 1. The molecule has 3 nitrogen and oxygen atoms in total. The van der Waals surface area contributed by atoms with Crippen molar-refractivity contribution in [3.63, 3.8) is 0 Å². The number of alkyl halides is 1. The first-order valence-electron chi connectivity index (χ1n) is 8.81. The van der Waals surface area contributed by atoms with Gasteiger partial charge < -0.3 is 4.90 Å². The van der Waals surface area contributed by atoms with Gasteiger partial charge in [-0.3, -0.25) is 9.78 Å². The molecule has 0 fully saturated rings. The molecule has 1 aromatic heterocycles. The van der Waals surface area contributed by atoms with Crippen LogP contribution in [0.25, 0.3) is 5.57 Å². The Morgan fingerprint density at radius 3 is 2.31 bits per heavy atom. The summed E-state index contributed by atoms with van der Waals surface area (Å²) in [5.41, 5.74) is 2.79. The summed E-state index contributed by atoms with van der Waals surface area (Å²) in [7, 11) is 1.86. The lowest BCUT2D eigenvalue weighted by atomic mass is 9.98. The Morgan fingerprint density at radius 2 is 1.65 bits per heavy atom. The van der Waals surface area contributed by atoms with Crippen LogP contribution >= 0.6 is 27.5 Å². The van der Waals surface area contributed by atoms with Gasteiger partial charge in [0.15, 0.2) is 0 Å². The predicted molar refractivity (Wildman–Crippen MR) is 113 cm³/mol. The lowest BCUT2D eigenvalue weighted by Crippen LogP contribution is -2.26. The zero-order valence-electron chi connectivity index (χ0n) is 15.0. The van der Waals surface area contributed by atoms with Crippen LogP contribution in [0.1, 0.15) is 36.8 Å². The van der Waals surface area contributed by atoms with Gasteiger partial charge in [-0.05, 0) is 53.8 Å². The van der Waals surface area contributed by atoms with E-state index >= 15 is 0 Å². The van der Waals surface area contributed by atoms with Gasteiger partial charge in [0.25, 0.3) is 0 Å². The molecular formula is C21H24BrClN2O. The number of benzene rings is 1. The van der Waals surface area contributed by atoms with Crippen molar-refractivity contribution in [3.8, 4) is 0 Å². The molecule has 0 spiro atoms. The van der Waals surface area contributed by atoms with Gasteiger partial charge in [0.1, 0.15) is 0 Å². The fourth-order valence-corrected chi connectivity index (χ4v) is 3.16. The fraction of sp³-hybridized carbons (Fsp3) is 0.333. The van der Waals surface area contributed by atoms with Crippen LogP contribution in [-0.4, -0.2) is 34.7 Å². The highest BCUT2D eigenvalue weighted by Gasteiger charge is 2.11. The Balaban J connectivity index is 2.14. The molecule has 0 saturated heterocycles. The summed E-state index contributed by atoms with van der Waals surface area (Å²) in [6, 6.07) is 11.4. The number of hydrogen-bond donors (Lipinski definition) is 0. The van der Waals surface area contributed by atoms with Crippen LogP contribution in [0.3, 0.4) is 0 Å². The monoisotopic (exact) mass is 434 g/mol. The van der Waals surface area contributed by atoms with Crippen LogP contribution in [0, 0.1) is 0 Å². The molecule has 0 radical (unpaired) electrons. The maximum atomic E-state index is 12.7. The van der Waals surface area contributed by atoms with E-state index in [1.165, 1.54) is 12.8 Å². The molecule has 2 aromatic rings. The summed E-state index contributed by atoms with van der Waals surface area (Å²) in [5.74, 6) is 0.00672. The van der Waals surface area contributed by atoms with E-state index in [9.17, 15) is 4.79 Å². The number of amides is 1. The van der Waals surface area contributed by atoms with Crippen LogP contribution in [0.4, 0.5) is 0 Å². The summed E-state index contributed by atoms with van der Waals surface area (Å²) in [6.07, 6.45) is 9.71. The molecule has 5 heteroatoms. The molecule has 1 amide bonds. The van der Waals surface area contributed by atoms with E-state index in [1.807, 2.05) is 43.4 Å². The van der Waals surface area contributed by atoms with E-state index in [-0.39, 0.29) is 5.91 Å². The molecule has 26 heavy (non-hydrogen) atoms. The lowest BCUT2D eigenvalue weighted by Gasteiger charge is -2.16. The number of hydrogen-bond acceptors (Lipinski definition) is 2. The van der Waals surface area contributed by atoms with E-state index in [0.29, 0.717) is 5.02 Å².